The van der Waals surface area contributed by atoms with Crippen LogP contribution in [0.4, 0.5) is 0 Å². The maximum absolute atomic E-state index is 9.53. The van der Waals surface area contributed by atoms with Gasteiger partial charge in [-0.05, 0) is 82.1 Å². The molecule has 0 atom stereocenters. The molecule has 0 aliphatic heterocycles. The zero-order valence-corrected chi connectivity index (χ0v) is 16.7. The number of aromatic nitrogens is 2. The summed E-state index contributed by atoms with van der Waals surface area (Å²) in [7, 11) is 0. The molecule has 2 aromatic carbocycles. The largest absolute Gasteiger partial charge is 0.508 e. The molecule has 0 radical (unpaired) electrons. The van der Waals surface area contributed by atoms with Crippen LogP contribution in [-0.4, -0.2) is 32.6 Å². The maximum atomic E-state index is 9.53. The van der Waals surface area contributed by atoms with E-state index in [-0.39, 0.29) is 11.5 Å². The van der Waals surface area contributed by atoms with Gasteiger partial charge < -0.3 is 19.8 Å². The molecule has 25 heavy (non-hydrogen) atoms. The van der Waals surface area contributed by atoms with Crippen LogP contribution in [0.5, 0.6) is 11.5 Å². The normalized spacial score (nSPS) is 9.44. The molecular formula is C17H16Br2N2O4. The fraction of sp³-hybridized carbons (Fsp3) is 0.118. The van der Waals surface area contributed by atoms with Crippen molar-refractivity contribution < 1.29 is 19.8 Å². The first-order valence-corrected chi connectivity index (χ1v) is 8.63. The summed E-state index contributed by atoms with van der Waals surface area (Å²) in [6, 6.07) is 9.95. The number of aldehydes is 2. The lowest BCUT2D eigenvalue weighted by Gasteiger charge is -2.06. The monoisotopic (exact) mass is 470 g/mol. The van der Waals surface area contributed by atoms with Crippen LogP contribution in [0.2, 0.25) is 0 Å². The van der Waals surface area contributed by atoms with Gasteiger partial charge in [0.15, 0.2) is 0 Å². The van der Waals surface area contributed by atoms with Crippen molar-refractivity contribution in [1.82, 2.24) is 9.78 Å². The smallest absolute Gasteiger partial charge is 0.117 e. The molecule has 0 aliphatic carbocycles. The van der Waals surface area contributed by atoms with E-state index in [0.29, 0.717) is 0 Å². The average molecular weight is 472 g/mol. The molecule has 1 aromatic heterocycles. The van der Waals surface area contributed by atoms with Crippen molar-refractivity contribution in [1.29, 1.82) is 0 Å². The Hall–Kier alpha value is -2.19. The van der Waals surface area contributed by atoms with Crippen molar-refractivity contribution in [3.63, 3.8) is 0 Å². The molecule has 3 aromatic rings. The third kappa shape index (κ3) is 5.40. The summed E-state index contributed by atoms with van der Waals surface area (Å²) in [6.07, 6.45) is 1.50. The highest BCUT2D eigenvalue weighted by molar-refractivity contribution is 9.11. The van der Waals surface area contributed by atoms with Crippen molar-refractivity contribution in [2.45, 2.75) is 13.8 Å². The number of nitrogens with zero attached hydrogens (tertiary/aromatic N) is 2. The van der Waals surface area contributed by atoms with Crippen LogP contribution in [0.25, 0.3) is 16.6 Å². The van der Waals surface area contributed by atoms with Gasteiger partial charge in [-0.2, -0.15) is 5.10 Å². The summed E-state index contributed by atoms with van der Waals surface area (Å²) in [4.78, 5) is 17.6. The highest BCUT2D eigenvalue weighted by atomic mass is 79.9. The minimum Gasteiger partial charge on any atom is -0.508 e. The second-order valence-electron chi connectivity index (χ2n) is 4.51. The van der Waals surface area contributed by atoms with Crippen LogP contribution < -0.4 is 0 Å². The van der Waals surface area contributed by atoms with Gasteiger partial charge >= 0.3 is 0 Å². The van der Waals surface area contributed by atoms with Gasteiger partial charge in [0.2, 0.25) is 0 Å². The van der Waals surface area contributed by atoms with Crippen molar-refractivity contribution in [3.05, 3.63) is 45.5 Å². The number of benzene rings is 2. The molecule has 0 bridgehead atoms. The predicted octanol–water partition coefficient (Wildman–Crippen LogP) is 4.37. The lowest BCUT2D eigenvalue weighted by molar-refractivity contribution is -0.106. The van der Waals surface area contributed by atoms with Gasteiger partial charge in [-0.1, -0.05) is 0 Å². The lowest BCUT2D eigenvalue weighted by Crippen LogP contribution is -1.97. The van der Waals surface area contributed by atoms with Crippen molar-refractivity contribution in [3.8, 4) is 17.2 Å². The summed E-state index contributed by atoms with van der Waals surface area (Å²) in [6.45, 7) is 2.89. The molecule has 0 spiro atoms. The molecule has 132 valence electrons. The van der Waals surface area contributed by atoms with Crippen LogP contribution >= 0.6 is 31.9 Å². The van der Waals surface area contributed by atoms with Gasteiger partial charge in [-0.25, -0.2) is 4.68 Å². The second-order valence-corrected chi connectivity index (χ2v) is 6.12. The zero-order chi connectivity index (χ0) is 19.0. The predicted molar refractivity (Wildman–Crippen MR) is 103 cm³/mol. The maximum Gasteiger partial charge on any atom is 0.117 e. The minimum absolute atomic E-state index is 0.182. The fourth-order valence-corrected chi connectivity index (χ4v) is 2.99. The Balaban J connectivity index is 0.000000460. The van der Waals surface area contributed by atoms with E-state index >= 15 is 0 Å². The van der Waals surface area contributed by atoms with E-state index in [1.54, 1.807) is 41.1 Å². The number of phenols is 2. The number of halogens is 2. The molecule has 0 saturated heterocycles. The van der Waals surface area contributed by atoms with Crippen molar-refractivity contribution in [2.24, 2.45) is 0 Å². The summed E-state index contributed by atoms with van der Waals surface area (Å²) in [5.41, 5.74) is 1.56. The summed E-state index contributed by atoms with van der Waals surface area (Å²) >= 11 is 6.88. The highest BCUT2D eigenvalue weighted by Crippen LogP contribution is 2.32. The number of phenolic OH excluding ortho intramolecular Hbond substituents is 2. The Morgan fingerprint density at radius 1 is 0.960 bits per heavy atom. The van der Waals surface area contributed by atoms with E-state index in [1.807, 2.05) is 0 Å². The Morgan fingerprint density at radius 3 is 2.04 bits per heavy atom. The van der Waals surface area contributed by atoms with Crippen molar-refractivity contribution >= 4 is 55.3 Å². The van der Waals surface area contributed by atoms with Crippen LogP contribution in [0.1, 0.15) is 13.8 Å². The Morgan fingerprint density at radius 2 is 1.48 bits per heavy atom. The molecule has 0 amide bonds. The van der Waals surface area contributed by atoms with Gasteiger partial charge in [0.25, 0.3) is 0 Å². The standard InChI is InChI=1S/C13H8Br2N2O2.2C2H4O/c14-10-6-8(19)2-4-12(10)17-13(15)9-5-7(18)1-3-11(9)16-17;2*1-2-3/h1-6,18-19H;2*2H,1H3. The van der Waals surface area contributed by atoms with Gasteiger partial charge in [-0.3, -0.25) is 0 Å². The van der Waals surface area contributed by atoms with Crippen LogP contribution in [-0.2, 0) is 9.59 Å². The van der Waals surface area contributed by atoms with Gasteiger partial charge in [-0.15, -0.1) is 0 Å². The number of carbonyl (C=O) groups is 2. The summed E-state index contributed by atoms with van der Waals surface area (Å²) in [5, 5.41) is 24.2. The zero-order valence-electron chi connectivity index (χ0n) is 13.5. The molecular weight excluding hydrogens is 456 g/mol. The minimum atomic E-state index is 0.182. The van der Waals surface area contributed by atoms with Gasteiger partial charge in [0.1, 0.15) is 28.7 Å². The van der Waals surface area contributed by atoms with Gasteiger partial charge in [0.05, 0.1) is 11.2 Å². The third-order valence-corrected chi connectivity index (χ3v) is 4.15. The molecule has 0 fully saturated rings. The molecule has 6 nitrogen and oxygen atoms in total. The van der Waals surface area contributed by atoms with Crippen molar-refractivity contribution in [2.75, 3.05) is 0 Å². The average Bonchev–Trinajstić information content (AvgIpc) is 2.86. The molecule has 3 rings (SSSR count). The SMILES string of the molecule is CC=O.CC=O.Oc1ccc(-n2nc3ccc(O)cc3c2Br)c(Br)c1. The van der Waals surface area contributed by atoms with E-state index < -0.39 is 0 Å². The Bertz CT molecular complexity index is 872. The Kier molecular flexibility index (Phi) is 8.30. The number of rotatable bonds is 1. The number of aromatic hydroxyl groups is 2. The van der Waals surface area contributed by atoms with E-state index in [9.17, 15) is 10.2 Å². The first-order valence-electron chi connectivity index (χ1n) is 7.05. The van der Waals surface area contributed by atoms with Crippen LogP contribution in [0.3, 0.4) is 0 Å². The molecule has 0 unspecified atom stereocenters. The number of fused-ring (bicyclic) bond motifs is 1. The third-order valence-electron chi connectivity index (χ3n) is 2.76. The fourth-order valence-electron chi connectivity index (χ4n) is 1.87. The molecule has 8 heteroatoms. The summed E-state index contributed by atoms with van der Waals surface area (Å²) < 4.78 is 3.17. The molecule has 0 aliphatic rings. The van der Waals surface area contributed by atoms with E-state index in [1.165, 1.54) is 13.8 Å². The van der Waals surface area contributed by atoms with Crippen LogP contribution in [0, 0.1) is 0 Å². The number of carbonyl (C=O) groups excluding carboxylic acids is 2. The van der Waals surface area contributed by atoms with Crippen LogP contribution in [0.15, 0.2) is 45.5 Å². The number of hydrogen-bond acceptors (Lipinski definition) is 5. The Labute approximate surface area is 161 Å². The topological polar surface area (TPSA) is 92.4 Å². The summed E-state index contributed by atoms with van der Waals surface area (Å²) in [5.74, 6) is 0.374. The first kappa shape index (κ1) is 20.9. The second kappa shape index (κ2) is 9.95. The highest BCUT2D eigenvalue weighted by Gasteiger charge is 2.13. The van der Waals surface area contributed by atoms with Gasteiger partial charge in [0, 0.05) is 9.86 Å². The quantitative estimate of drug-likeness (QED) is 0.514. The molecule has 0 saturated carbocycles. The molecule has 1 heterocycles. The lowest BCUT2D eigenvalue weighted by atomic mass is 10.2. The van der Waals surface area contributed by atoms with E-state index in [4.69, 9.17) is 9.59 Å². The van der Waals surface area contributed by atoms with E-state index in [2.05, 4.69) is 37.0 Å². The van der Waals surface area contributed by atoms with E-state index in [0.717, 1.165) is 38.2 Å². The number of hydrogen-bond donors (Lipinski definition) is 2. The first-order chi connectivity index (χ1) is 11.9. The molecule has 2 N–H and O–H groups in total.